The number of aromatic nitrogens is 1. The predicted octanol–water partition coefficient (Wildman–Crippen LogP) is 4.42. The van der Waals surface area contributed by atoms with E-state index in [0.717, 1.165) is 5.69 Å². The molecule has 2 rings (SSSR count). The topological polar surface area (TPSA) is 22.1 Å². The number of thiazole rings is 1. The van der Waals surface area contributed by atoms with Crippen LogP contribution in [0.5, 0.6) is 5.19 Å². The molecule has 1 heterocycles. The lowest BCUT2D eigenvalue weighted by atomic mass is 9.85. The summed E-state index contributed by atoms with van der Waals surface area (Å²) < 4.78 is 5.14. The molecule has 0 N–H and O–H groups in total. The lowest BCUT2D eigenvalue weighted by Crippen LogP contribution is -2.11. The molecule has 0 saturated carbocycles. The van der Waals surface area contributed by atoms with Crippen molar-refractivity contribution < 1.29 is 4.74 Å². The molecule has 0 atom stereocenters. The van der Waals surface area contributed by atoms with E-state index >= 15 is 0 Å². The first-order chi connectivity index (χ1) is 8.41. The van der Waals surface area contributed by atoms with E-state index < -0.39 is 0 Å². The maximum Gasteiger partial charge on any atom is 0.273 e. The van der Waals surface area contributed by atoms with Crippen molar-refractivity contribution in [2.24, 2.45) is 0 Å². The fourth-order valence-electron chi connectivity index (χ4n) is 1.89. The van der Waals surface area contributed by atoms with Gasteiger partial charge in [-0.3, -0.25) is 0 Å². The van der Waals surface area contributed by atoms with Crippen molar-refractivity contribution in [3.63, 3.8) is 0 Å². The minimum atomic E-state index is 0.184. The molecule has 18 heavy (non-hydrogen) atoms. The van der Waals surface area contributed by atoms with Gasteiger partial charge in [0.1, 0.15) is 0 Å². The van der Waals surface area contributed by atoms with Crippen molar-refractivity contribution in [3.8, 4) is 16.5 Å². The second kappa shape index (κ2) is 4.73. The van der Waals surface area contributed by atoms with Crippen molar-refractivity contribution in [2.75, 3.05) is 7.11 Å². The molecule has 0 amide bonds. The van der Waals surface area contributed by atoms with Crippen LogP contribution in [0.15, 0.2) is 23.6 Å². The SMILES string of the molecule is COc1nc(-c2ccc(C(C)(C)C)cc2C)cs1. The normalized spacial score (nSPS) is 11.6. The molecule has 0 fully saturated rings. The van der Waals surface area contributed by atoms with Gasteiger partial charge in [0, 0.05) is 10.9 Å². The van der Waals surface area contributed by atoms with E-state index in [1.54, 1.807) is 7.11 Å². The van der Waals surface area contributed by atoms with Gasteiger partial charge in [-0.2, -0.15) is 0 Å². The van der Waals surface area contributed by atoms with Gasteiger partial charge in [-0.1, -0.05) is 50.3 Å². The van der Waals surface area contributed by atoms with Gasteiger partial charge in [0.05, 0.1) is 12.8 Å². The molecule has 0 spiro atoms. The Bertz CT molecular complexity index is 552. The Labute approximate surface area is 113 Å². The van der Waals surface area contributed by atoms with Crippen LogP contribution in [0.1, 0.15) is 31.9 Å². The van der Waals surface area contributed by atoms with Gasteiger partial charge >= 0.3 is 0 Å². The quantitative estimate of drug-likeness (QED) is 0.798. The Morgan fingerprint density at radius 1 is 1.22 bits per heavy atom. The van der Waals surface area contributed by atoms with E-state index in [4.69, 9.17) is 4.74 Å². The van der Waals surface area contributed by atoms with Gasteiger partial charge in [-0.05, 0) is 23.5 Å². The number of benzene rings is 1. The summed E-state index contributed by atoms with van der Waals surface area (Å²) in [5, 5.41) is 2.75. The maximum atomic E-state index is 5.14. The zero-order chi connectivity index (χ0) is 13.3. The molecule has 0 aliphatic carbocycles. The number of rotatable bonds is 2. The largest absolute Gasteiger partial charge is 0.473 e. The summed E-state index contributed by atoms with van der Waals surface area (Å²) in [7, 11) is 1.65. The summed E-state index contributed by atoms with van der Waals surface area (Å²) in [6, 6.07) is 6.60. The molecule has 3 heteroatoms. The number of ether oxygens (including phenoxy) is 1. The summed E-state index contributed by atoms with van der Waals surface area (Å²) in [6.07, 6.45) is 0. The average molecular weight is 261 g/mol. The fourth-order valence-corrected chi connectivity index (χ4v) is 2.53. The summed E-state index contributed by atoms with van der Waals surface area (Å²) >= 11 is 1.53. The average Bonchev–Trinajstić information content (AvgIpc) is 2.76. The van der Waals surface area contributed by atoms with Crippen molar-refractivity contribution in [3.05, 3.63) is 34.7 Å². The summed E-state index contributed by atoms with van der Waals surface area (Å²) in [5.74, 6) is 0. The fraction of sp³-hybridized carbons (Fsp3) is 0.400. The van der Waals surface area contributed by atoms with Crippen LogP contribution in [0.25, 0.3) is 11.3 Å². The highest BCUT2D eigenvalue weighted by Gasteiger charge is 2.15. The van der Waals surface area contributed by atoms with Gasteiger partial charge < -0.3 is 4.74 Å². The smallest absolute Gasteiger partial charge is 0.273 e. The Morgan fingerprint density at radius 3 is 2.44 bits per heavy atom. The van der Waals surface area contributed by atoms with Crippen molar-refractivity contribution in [1.82, 2.24) is 4.98 Å². The molecule has 0 saturated heterocycles. The van der Waals surface area contributed by atoms with E-state index in [0.29, 0.717) is 5.19 Å². The first-order valence-electron chi connectivity index (χ1n) is 6.03. The van der Waals surface area contributed by atoms with Crippen LogP contribution >= 0.6 is 11.3 Å². The van der Waals surface area contributed by atoms with E-state index in [2.05, 4.69) is 50.9 Å². The zero-order valence-corrected chi connectivity index (χ0v) is 12.4. The molecule has 0 unspecified atom stereocenters. The highest BCUT2D eigenvalue weighted by atomic mass is 32.1. The van der Waals surface area contributed by atoms with Crippen LogP contribution in [0.2, 0.25) is 0 Å². The second-order valence-electron chi connectivity index (χ2n) is 5.48. The van der Waals surface area contributed by atoms with Gasteiger partial charge in [-0.15, -0.1) is 0 Å². The van der Waals surface area contributed by atoms with Gasteiger partial charge in [0.2, 0.25) is 0 Å². The molecule has 96 valence electrons. The van der Waals surface area contributed by atoms with E-state index in [1.807, 2.05) is 5.38 Å². The predicted molar refractivity (Wildman–Crippen MR) is 77.5 cm³/mol. The third-order valence-corrected chi connectivity index (χ3v) is 3.83. The van der Waals surface area contributed by atoms with Crippen molar-refractivity contribution in [2.45, 2.75) is 33.1 Å². The molecule has 2 aromatic rings. The molecular formula is C15H19NOS. The first kappa shape index (κ1) is 13.1. The highest BCUT2D eigenvalue weighted by Crippen LogP contribution is 2.31. The van der Waals surface area contributed by atoms with Crippen LogP contribution in [0.4, 0.5) is 0 Å². The van der Waals surface area contributed by atoms with Crippen LogP contribution in [-0.2, 0) is 5.41 Å². The molecule has 1 aromatic heterocycles. The highest BCUT2D eigenvalue weighted by molar-refractivity contribution is 7.11. The lowest BCUT2D eigenvalue weighted by Gasteiger charge is -2.20. The molecule has 2 nitrogen and oxygen atoms in total. The maximum absolute atomic E-state index is 5.14. The Kier molecular flexibility index (Phi) is 3.44. The minimum absolute atomic E-state index is 0.184. The van der Waals surface area contributed by atoms with Crippen LogP contribution in [0.3, 0.4) is 0 Å². The summed E-state index contributed by atoms with van der Waals surface area (Å²) in [4.78, 5) is 4.45. The molecule has 0 aliphatic rings. The molecule has 0 bridgehead atoms. The summed E-state index contributed by atoms with van der Waals surface area (Å²) in [5.41, 5.74) is 4.97. The first-order valence-corrected chi connectivity index (χ1v) is 6.91. The Morgan fingerprint density at radius 2 is 1.94 bits per heavy atom. The van der Waals surface area contributed by atoms with Crippen molar-refractivity contribution >= 4 is 11.3 Å². The Hall–Kier alpha value is -1.35. The second-order valence-corrected chi connectivity index (χ2v) is 6.30. The standard InChI is InChI=1S/C15H19NOS/c1-10-8-11(15(2,3)4)6-7-12(10)13-9-18-14(16-13)17-5/h6-9H,1-5H3. The van der Waals surface area contributed by atoms with Crippen LogP contribution < -0.4 is 4.74 Å². The molecule has 1 aromatic carbocycles. The number of hydrogen-bond acceptors (Lipinski definition) is 3. The molecule has 0 radical (unpaired) electrons. The third-order valence-electron chi connectivity index (χ3n) is 3.03. The number of nitrogens with zero attached hydrogens (tertiary/aromatic N) is 1. The lowest BCUT2D eigenvalue weighted by molar-refractivity contribution is 0.412. The number of hydrogen-bond donors (Lipinski definition) is 0. The van der Waals surface area contributed by atoms with E-state index in [-0.39, 0.29) is 5.41 Å². The Balaban J connectivity index is 2.41. The third kappa shape index (κ3) is 2.56. The monoisotopic (exact) mass is 261 g/mol. The zero-order valence-electron chi connectivity index (χ0n) is 11.6. The van der Waals surface area contributed by atoms with Crippen LogP contribution in [-0.4, -0.2) is 12.1 Å². The van der Waals surface area contributed by atoms with E-state index in [1.165, 1.54) is 28.0 Å². The van der Waals surface area contributed by atoms with Gasteiger partial charge in [0.25, 0.3) is 5.19 Å². The number of aryl methyl sites for hydroxylation is 1. The van der Waals surface area contributed by atoms with Crippen LogP contribution in [0, 0.1) is 6.92 Å². The van der Waals surface area contributed by atoms with Gasteiger partial charge in [-0.25, -0.2) is 4.98 Å². The van der Waals surface area contributed by atoms with E-state index in [9.17, 15) is 0 Å². The van der Waals surface area contributed by atoms with Gasteiger partial charge in [0.15, 0.2) is 0 Å². The summed E-state index contributed by atoms with van der Waals surface area (Å²) in [6.45, 7) is 8.82. The van der Waals surface area contributed by atoms with Crippen molar-refractivity contribution in [1.29, 1.82) is 0 Å². The number of methoxy groups -OCH3 is 1. The molecular weight excluding hydrogens is 242 g/mol. The molecule has 0 aliphatic heterocycles. The minimum Gasteiger partial charge on any atom is -0.473 e.